The summed E-state index contributed by atoms with van der Waals surface area (Å²) < 4.78 is 46.5. The van der Waals surface area contributed by atoms with Crippen LogP contribution in [0.15, 0.2) is 30.3 Å². The van der Waals surface area contributed by atoms with Crippen LogP contribution in [0.25, 0.3) is 0 Å². The maximum absolute atomic E-state index is 13.9. The summed E-state index contributed by atoms with van der Waals surface area (Å²) in [6.45, 7) is 1.44. The lowest BCUT2D eigenvalue weighted by molar-refractivity contribution is 0.400. The Morgan fingerprint density at radius 1 is 1.05 bits per heavy atom. The fourth-order valence-electron chi connectivity index (χ4n) is 2.05. The minimum atomic E-state index is -1.15. The number of aryl methyl sites for hydroxylation is 1. The minimum Gasteiger partial charge on any atom is -0.496 e. The van der Waals surface area contributed by atoms with Crippen molar-refractivity contribution in [2.45, 2.75) is 13.0 Å². The first kappa shape index (κ1) is 14.4. The van der Waals surface area contributed by atoms with Gasteiger partial charge in [0.1, 0.15) is 11.6 Å². The van der Waals surface area contributed by atoms with Crippen molar-refractivity contribution in [3.63, 3.8) is 0 Å². The Kier molecular flexibility index (Phi) is 3.99. The highest BCUT2D eigenvalue weighted by Crippen LogP contribution is 2.32. The van der Waals surface area contributed by atoms with Crippen LogP contribution in [0.1, 0.15) is 22.7 Å². The maximum Gasteiger partial charge on any atom is 0.164 e. The SMILES string of the molecule is COc1cccc(F)c1C(N)c1ccc(C)c(F)c1F. The third kappa shape index (κ3) is 2.36. The van der Waals surface area contributed by atoms with Crippen molar-refractivity contribution in [3.8, 4) is 5.75 Å². The Morgan fingerprint density at radius 3 is 2.40 bits per heavy atom. The predicted octanol–water partition coefficient (Wildman–Crippen LogP) is 3.47. The van der Waals surface area contributed by atoms with E-state index >= 15 is 0 Å². The van der Waals surface area contributed by atoms with Crippen molar-refractivity contribution >= 4 is 0 Å². The number of ether oxygens (including phenoxy) is 1. The van der Waals surface area contributed by atoms with Crippen LogP contribution in [-0.4, -0.2) is 7.11 Å². The van der Waals surface area contributed by atoms with E-state index in [2.05, 4.69) is 0 Å². The van der Waals surface area contributed by atoms with Gasteiger partial charge in [-0.3, -0.25) is 0 Å². The summed E-state index contributed by atoms with van der Waals surface area (Å²) in [5.41, 5.74) is 5.94. The van der Waals surface area contributed by atoms with Gasteiger partial charge in [0, 0.05) is 5.56 Å². The third-order valence-corrected chi connectivity index (χ3v) is 3.18. The first-order valence-electron chi connectivity index (χ1n) is 5.99. The third-order valence-electron chi connectivity index (χ3n) is 3.18. The molecule has 0 aliphatic heterocycles. The van der Waals surface area contributed by atoms with Gasteiger partial charge in [-0.05, 0) is 24.6 Å². The Morgan fingerprint density at radius 2 is 1.75 bits per heavy atom. The number of rotatable bonds is 3. The molecule has 2 aromatic carbocycles. The number of benzene rings is 2. The number of nitrogens with two attached hydrogens (primary N) is 1. The molecule has 0 aliphatic rings. The van der Waals surface area contributed by atoms with Gasteiger partial charge in [-0.1, -0.05) is 18.2 Å². The number of hydrogen-bond acceptors (Lipinski definition) is 2. The summed E-state index contributed by atoms with van der Waals surface area (Å²) >= 11 is 0. The second-order valence-corrected chi connectivity index (χ2v) is 4.43. The van der Waals surface area contributed by atoms with Gasteiger partial charge in [0.2, 0.25) is 0 Å². The molecule has 1 unspecified atom stereocenters. The van der Waals surface area contributed by atoms with E-state index in [-0.39, 0.29) is 22.4 Å². The highest BCUT2D eigenvalue weighted by molar-refractivity contribution is 5.43. The summed E-state index contributed by atoms with van der Waals surface area (Å²) in [7, 11) is 1.36. The maximum atomic E-state index is 13.9. The number of halogens is 3. The van der Waals surface area contributed by atoms with Crippen molar-refractivity contribution in [3.05, 3.63) is 64.5 Å². The van der Waals surface area contributed by atoms with Crippen molar-refractivity contribution in [1.29, 1.82) is 0 Å². The second-order valence-electron chi connectivity index (χ2n) is 4.43. The molecule has 0 fully saturated rings. The minimum absolute atomic E-state index is 0.00264. The molecule has 0 heterocycles. The standard InChI is InChI=1S/C15H14F3NO/c1-8-6-7-9(14(18)13(8)17)15(19)12-10(16)4-3-5-11(12)20-2/h3-7,15H,19H2,1-2H3. The van der Waals surface area contributed by atoms with Crippen LogP contribution in [0, 0.1) is 24.4 Å². The van der Waals surface area contributed by atoms with Crippen molar-refractivity contribution in [1.82, 2.24) is 0 Å². The normalized spacial score (nSPS) is 12.3. The lowest BCUT2D eigenvalue weighted by Gasteiger charge is -2.18. The topological polar surface area (TPSA) is 35.2 Å². The molecule has 0 spiro atoms. The molecule has 2 rings (SSSR count). The van der Waals surface area contributed by atoms with E-state index in [1.54, 1.807) is 0 Å². The lowest BCUT2D eigenvalue weighted by atomic mass is 9.96. The molecule has 2 N–H and O–H groups in total. The van der Waals surface area contributed by atoms with Crippen molar-refractivity contribution in [2.24, 2.45) is 5.73 Å². The van der Waals surface area contributed by atoms with E-state index < -0.39 is 23.5 Å². The van der Waals surface area contributed by atoms with Crippen molar-refractivity contribution in [2.75, 3.05) is 7.11 Å². The van der Waals surface area contributed by atoms with Gasteiger partial charge in [0.15, 0.2) is 11.6 Å². The summed E-state index contributed by atoms with van der Waals surface area (Å²) in [6.07, 6.45) is 0. The van der Waals surface area contributed by atoms with Crippen LogP contribution in [0.3, 0.4) is 0 Å². The molecule has 106 valence electrons. The van der Waals surface area contributed by atoms with Crippen molar-refractivity contribution < 1.29 is 17.9 Å². The Bertz CT molecular complexity index is 643. The predicted molar refractivity (Wildman–Crippen MR) is 70.1 cm³/mol. The van der Waals surface area contributed by atoms with Gasteiger partial charge in [-0.2, -0.15) is 0 Å². The highest BCUT2D eigenvalue weighted by Gasteiger charge is 2.23. The molecule has 1 atom stereocenters. The van der Waals surface area contributed by atoms with E-state index in [1.807, 2.05) is 0 Å². The molecule has 0 saturated heterocycles. The lowest BCUT2D eigenvalue weighted by Crippen LogP contribution is -2.17. The molecule has 0 saturated carbocycles. The largest absolute Gasteiger partial charge is 0.496 e. The molecule has 0 amide bonds. The zero-order valence-electron chi connectivity index (χ0n) is 11.1. The van der Waals surface area contributed by atoms with Gasteiger partial charge < -0.3 is 10.5 Å². The first-order valence-corrected chi connectivity index (χ1v) is 5.99. The average molecular weight is 281 g/mol. The van der Waals surface area contributed by atoms with Gasteiger partial charge in [-0.15, -0.1) is 0 Å². The van der Waals surface area contributed by atoms with E-state index in [1.165, 1.54) is 44.4 Å². The van der Waals surface area contributed by atoms with E-state index in [9.17, 15) is 13.2 Å². The van der Waals surface area contributed by atoms with E-state index in [0.717, 1.165) is 0 Å². The van der Waals surface area contributed by atoms with Crippen LogP contribution >= 0.6 is 0 Å². The second kappa shape index (κ2) is 5.54. The highest BCUT2D eigenvalue weighted by atomic mass is 19.2. The van der Waals surface area contributed by atoms with Crippen LogP contribution in [-0.2, 0) is 0 Å². The average Bonchev–Trinajstić information content (AvgIpc) is 2.44. The van der Waals surface area contributed by atoms with Crippen LogP contribution in [0.2, 0.25) is 0 Å². The Labute approximate surface area is 115 Å². The molecule has 0 aliphatic carbocycles. The van der Waals surface area contributed by atoms with E-state index in [4.69, 9.17) is 10.5 Å². The van der Waals surface area contributed by atoms with E-state index in [0.29, 0.717) is 0 Å². The molecule has 2 nitrogen and oxygen atoms in total. The van der Waals surface area contributed by atoms with Gasteiger partial charge >= 0.3 is 0 Å². The fourth-order valence-corrected chi connectivity index (χ4v) is 2.05. The molecule has 2 aromatic rings. The van der Waals surface area contributed by atoms with Crippen LogP contribution < -0.4 is 10.5 Å². The molecule has 20 heavy (non-hydrogen) atoms. The summed E-state index contributed by atoms with van der Waals surface area (Å²) in [6, 6.07) is 5.77. The molecular formula is C15H14F3NO. The smallest absolute Gasteiger partial charge is 0.164 e. The number of hydrogen-bond donors (Lipinski definition) is 1. The number of methoxy groups -OCH3 is 1. The molecular weight excluding hydrogens is 267 g/mol. The van der Waals surface area contributed by atoms with Crippen LogP contribution in [0.4, 0.5) is 13.2 Å². The zero-order valence-corrected chi connectivity index (χ0v) is 11.1. The first-order chi connectivity index (χ1) is 9.47. The summed E-state index contributed by atoms with van der Waals surface area (Å²) in [4.78, 5) is 0. The molecule has 0 aromatic heterocycles. The Hall–Kier alpha value is -2.01. The molecule has 0 bridgehead atoms. The summed E-state index contributed by atoms with van der Waals surface area (Å²) in [5, 5.41) is 0. The quantitative estimate of drug-likeness (QED) is 0.935. The Balaban J connectivity index is 2.58. The van der Waals surface area contributed by atoms with Gasteiger partial charge in [0.05, 0.1) is 18.7 Å². The van der Waals surface area contributed by atoms with Gasteiger partial charge in [-0.25, -0.2) is 13.2 Å². The van der Waals surface area contributed by atoms with Gasteiger partial charge in [0.25, 0.3) is 0 Å². The van der Waals surface area contributed by atoms with Crippen LogP contribution in [0.5, 0.6) is 5.75 Å². The fraction of sp³-hybridized carbons (Fsp3) is 0.200. The summed E-state index contributed by atoms with van der Waals surface area (Å²) in [5.74, 6) is -2.48. The molecule has 0 radical (unpaired) electrons. The zero-order chi connectivity index (χ0) is 14.9. The monoisotopic (exact) mass is 281 g/mol. The molecule has 5 heteroatoms.